The van der Waals surface area contributed by atoms with Gasteiger partial charge in [-0.1, -0.05) is 31.9 Å². The fourth-order valence-corrected chi connectivity index (χ4v) is 3.43. The highest BCUT2D eigenvalue weighted by molar-refractivity contribution is 7.89. The van der Waals surface area contributed by atoms with E-state index in [0.717, 1.165) is 16.4 Å². The maximum atomic E-state index is 12.3. The molecular formula is C20H26N2O3S. The average Bonchev–Trinajstić information content (AvgIpc) is 2.63. The summed E-state index contributed by atoms with van der Waals surface area (Å²) in [5.74, 6) is -0.266. The lowest BCUT2D eigenvalue weighted by atomic mass is 10.1. The van der Waals surface area contributed by atoms with Crippen LogP contribution in [0.3, 0.4) is 0 Å². The van der Waals surface area contributed by atoms with Crippen LogP contribution in [-0.2, 0) is 16.4 Å². The molecule has 5 nitrogen and oxygen atoms in total. The number of nitrogens with zero attached hydrogens (tertiary/aromatic N) is 1. The minimum absolute atomic E-state index is 0.162. The number of nitrogens with one attached hydrogen (secondary N) is 1. The Morgan fingerprint density at radius 2 is 1.58 bits per heavy atom. The number of carbonyl (C=O) groups is 1. The first-order chi connectivity index (χ1) is 12.3. The first-order valence-electron chi connectivity index (χ1n) is 8.77. The van der Waals surface area contributed by atoms with Gasteiger partial charge < -0.3 is 5.32 Å². The Balaban J connectivity index is 2.01. The summed E-state index contributed by atoms with van der Waals surface area (Å²) in [4.78, 5) is 12.5. The summed E-state index contributed by atoms with van der Waals surface area (Å²) >= 11 is 0. The lowest BCUT2D eigenvalue weighted by Gasteiger charge is -2.12. The van der Waals surface area contributed by atoms with E-state index in [1.165, 1.54) is 63.2 Å². The smallest absolute Gasteiger partial charge is 0.255 e. The van der Waals surface area contributed by atoms with Crippen LogP contribution in [0.25, 0.3) is 0 Å². The van der Waals surface area contributed by atoms with Crippen molar-refractivity contribution in [2.45, 2.75) is 37.5 Å². The molecule has 26 heavy (non-hydrogen) atoms. The van der Waals surface area contributed by atoms with E-state index in [1.807, 2.05) is 24.3 Å². The summed E-state index contributed by atoms with van der Waals surface area (Å²) in [6.07, 6.45) is 4.63. The second-order valence-electron chi connectivity index (χ2n) is 6.42. The number of benzene rings is 2. The summed E-state index contributed by atoms with van der Waals surface area (Å²) in [5, 5.41) is 2.83. The molecule has 0 bridgehead atoms. The molecule has 0 unspecified atom stereocenters. The number of amides is 1. The van der Waals surface area contributed by atoms with Crippen molar-refractivity contribution < 1.29 is 13.2 Å². The molecule has 1 amide bonds. The van der Waals surface area contributed by atoms with Crippen molar-refractivity contribution in [2.24, 2.45) is 0 Å². The molecule has 0 fully saturated rings. The molecule has 2 rings (SSSR count). The van der Waals surface area contributed by atoms with Gasteiger partial charge in [-0.3, -0.25) is 4.79 Å². The van der Waals surface area contributed by atoms with E-state index in [0.29, 0.717) is 5.56 Å². The van der Waals surface area contributed by atoms with Gasteiger partial charge in [0.15, 0.2) is 0 Å². The predicted molar refractivity (Wildman–Crippen MR) is 105 cm³/mol. The zero-order chi connectivity index (χ0) is 19.2. The minimum atomic E-state index is -3.49. The number of unbranched alkanes of at least 4 members (excludes halogenated alkanes) is 2. The van der Waals surface area contributed by atoms with Gasteiger partial charge in [-0.15, -0.1) is 0 Å². The Morgan fingerprint density at radius 1 is 0.962 bits per heavy atom. The summed E-state index contributed by atoms with van der Waals surface area (Å²) in [7, 11) is -0.543. The number of hydrogen-bond donors (Lipinski definition) is 1. The van der Waals surface area contributed by atoms with E-state index < -0.39 is 10.0 Å². The number of carbonyl (C=O) groups excluding carboxylic acids is 1. The van der Waals surface area contributed by atoms with Crippen molar-refractivity contribution in [3.8, 4) is 0 Å². The van der Waals surface area contributed by atoms with Crippen LogP contribution in [0, 0.1) is 0 Å². The fraction of sp³-hybridized carbons (Fsp3) is 0.350. The summed E-state index contributed by atoms with van der Waals surface area (Å²) in [5.41, 5.74) is 2.39. The Kier molecular flexibility index (Phi) is 6.94. The molecule has 2 aromatic carbocycles. The van der Waals surface area contributed by atoms with Crippen molar-refractivity contribution in [3.63, 3.8) is 0 Å². The molecule has 0 spiro atoms. The van der Waals surface area contributed by atoms with Crippen LogP contribution in [-0.4, -0.2) is 32.7 Å². The van der Waals surface area contributed by atoms with Gasteiger partial charge in [0.25, 0.3) is 5.91 Å². The summed E-state index contributed by atoms with van der Waals surface area (Å²) in [6, 6.07) is 13.8. The fourth-order valence-electron chi connectivity index (χ4n) is 2.53. The molecule has 140 valence electrons. The van der Waals surface area contributed by atoms with E-state index in [4.69, 9.17) is 0 Å². The van der Waals surface area contributed by atoms with Crippen LogP contribution >= 0.6 is 0 Å². The molecule has 0 aliphatic heterocycles. The van der Waals surface area contributed by atoms with E-state index in [2.05, 4.69) is 12.2 Å². The number of anilines is 1. The third kappa shape index (κ3) is 5.16. The Labute approximate surface area is 156 Å². The van der Waals surface area contributed by atoms with Crippen molar-refractivity contribution in [1.82, 2.24) is 4.31 Å². The van der Waals surface area contributed by atoms with Crippen LogP contribution in [0.5, 0.6) is 0 Å². The van der Waals surface area contributed by atoms with Gasteiger partial charge in [0, 0.05) is 25.3 Å². The van der Waals surface area contributed by atoms with E-state index in [1.54, 1.807) is 0 Å². The Hall–Kier alpha value is -2.18. The van der Waals surface area contributed by atoms with Crippen molar-refractivity contribution >= 4 is 21.6 Å². The van der Waals surface area contributed by atoms with Crippen LogP contribution in [0.4, 0.5) is 5.69 Å². The van der Waals surface area contributed by atoms with Gasteiger partial charge in [0.2, 0.25) is 10.0 Å². The van der Waals surface area contributed by atoms with Crippen LogP contribution in [0.2, 0.25) is 0 Å². The highest BCUT2D eigenvalue weighted by Crippen LogP contribution is 2.16. The van der Waals surface area contributed by atoms with Gasteiger partial charge in [0.05, 0.1) is 4.90 Å². The Bertz CT molecular complexity index is 826. The number of sulfonamides is 1. The normalized spacial score (nSPS) is 11.5. The lowest BCUT2D eigenvalue weighted by molar-refractivity contribution is 0.102. The number of rotatable bonds is 8. The van der Waals surface area contributed by atoms with Crippen molar-refractivity contribution in [1.29, 1.82) is 0 Å². The van der Waals surface area contributed by atoms with Crippen molar-refractivity contribution in [2.75, 3.05) is 19.4 Å². The highest BCUT2D eigenvalue weighted by Gasteiger charge is 2.17. The lowest BCUT2D eigenvalue weighted by Crippen LogP contribution is -2.22. The molecule has 6 heteroatoms. The first kappa shape index (κ1) is 20.1. The molecule has 0 radical (unpaired) electrons. The molecule has 2 aromatic rings. The molecule has 0 atom stereocenters. The predicted octanol–water partition coefficient (Wildman–Crippen LogP) is 3.92. The Morgan fingerprint density at radius 3 is 2.12 bits per heavy atom. The molecule has 0 saturated carbocycles. The largest absolute Gasteiger partial charge is 0.322 e. The molecule has 0 heterocycles. The molecule has 0 aliphatic carbocycles. The number of aryl methyl sites for hydroxylation is 1. The SMILES string of the molecule is CCCCCc1ccc(NC(=O)c2ccc(S(=O)(=O)N(C)C)cc2)cc1. The van der Waals surface area contributed by atoms with Gasteiger partial charge in [-0.05, 0) is 54.8 Å². The van der Waals surface area contributed by atoms with Crippen molar-refractivity contribution in [3.05, 3.63) is 59.7 Å². The van der Waals surface area contributed by atoms with Gasteiger partial charge in [-0.25, -0.2) is 12.7 Å². The van der Waals surface area contributed by atoms with E-state index in [-0.39, 0.29) is 10.8 Å². The zero-order valence-corrected chi connectivity index (χ0v) is 16.3. The molecule has 1 N–H and O–H groups in total. The van der Waals surface area contributed by atoms with Gasteiger partial charge >= 0.3 is 0 Å². The van der Waals surface area contributed by atoms with Crippen LogP contribution in [0.15, 0.2) is 53.4 Å². The molecule has 0 aliphatic rings. The summed E-state index contributed by atoms with van der Waals surface area (Å²) in [6.45, 7) is 2.18. The minimum Gasteiger partial charge on any atom is -0.322 e. The van der Waals surface area contributed by atoms with E-state index >= 15 is 0 Å². The van der Waals surface area contributed by atoms with E-state index in [9.17, 15) is 13.2 Å². The maximum absolute atomic E-state index is 12.3. The standard InChI is InChI=1S/C20H26N2O3S/c1-4-5-6-7-16-8-12-18(13-9-16)21-20(23)17-10-14-19(15-11-17)26(24,25)22(2)3/h8-15H,4-7H2,1-3H3,(H,21,23). The quantitative estimate of drug-likeness (QED) is 0.712. The average molecular weight is 375 g/mol. The highest BCUT2D eigenvalue weighted by atomic mass is 32.2. The second kappa shape index (κ2) is 8.96. The van der Waals surface area contributed by atoms with Crippen LogP contribution < -0.4 is 5.32 Å². The zero-order valence-electron chi connectivity index (χ0n) is 15.5. The van der Waals surface area contributed by atoms with Crippen LogP contribution in [0.1, 0.15) is 42.1 Å². The third-order valence-corrected chi connectivity index (χ3v) is 6.01. The molecule has 0 saturated heterocycles. The van der Waals surface area contributed by atoms with Gasteiger partial charge in [0.1, 0.15) is 0 Å². The maximum Gasteiger partial charge on any atom is 0.255 e. The first-order valence-corrected chi connectivity index (χ1v) is 10.2. The number of hydrogen-bond acceptors (Lipinski definition) is 3. The molecule has 0 aromatic heterocycles. The topological polar surface area (TPSA) is 66.5 Å². The third-order valence-electron chi connectivity index (χ3n) is 4.18. The second-order valence-corrected chi connectivity index (χ2v) is 8.57. The van der Waals surface area contributed by atoms with Gasteiger partial charge in [-0.2, -0.15) is 0 Å². The summed E-state index contributed by atoms with van der Waals surface area (Å²) < 4.78 is 25.3. The monoisotopic (exact) mass is 374 g/mol. The molecular weight excluding hydrogens is 348 g/mol.